The summed E-state index contributed by atoms with van der Waals surface area (Å²) >= 11 is 0.541. The Morgan fingerprint density at radius 1 is 1.26 bits per heavy atom. The fourth-order valence-electron chi connectivity index (χ4n) is 4.38. The van der Waals surface area contributed by atoms with Crippen molar-refractivity contribution in [2.24, 2.45) is 0 Å². The molecular weight excluding hydrogens is 510 g/mol. The highest BCUT2D eigenvalue weighted by molar-refractivity contribution is 7.89. The van der Waals surface area contributed by atoms with Crippen LogP contribution in [-0.4, -0.2) is 65.4 Å². The van der Waals surface area contributed by atoms with Gasteiger partial charge in [0.25, 0.3) is 6.43 Å². The van der Waals surface area contributed by atoms with Gasteiger partial charge in [-0.1, -0.05) is 11.3 Å². The van der Waals surface area contributed by atoms with Gasteiger partial charge < -0.3 is 10.2 Å². The number of piperazine rings is 1. The summed E-state index contributed by atoms with van der Waals surface area (Å²) in [5.74, 6) is -1.33. The molecule has 5 rings (SSSR count). The van der Waals surface area contributed by atoms with E-state index in [1.165, 1.54) is 12.3 Å². The fourth-order valence-corrected chi connectivity index (χ4v) is 6.59. The molecule has 2 fully saturated rings. The second-order valence-electron chi connectivity index (χ2n) is 9.13. The van der Waals surface area contributed by atoms with Crippen molar-refractivity contribution in [2.75, 3.05) is 24.7 Å². The summed E-state index contributed by atoms with van der Waals surface area (Å²) in [4.78, 5) is 5.42. The van der Waals surface area contributed by atoms with Crippen molar-refractivity contribution in [1.82, 2.24) is 29.6 Å². The lowest BCUT2D eigenvalue weighted by Crippen LogP contribution is -2.54. The zero-order chi connectivity index (χ0) is 25.1. The van der Waals surface area contributed by atoms with E-state index in [4.69, 9.17) is 0 Å². The maximum atomic E-state index is 15.9. The Labute approximate surface area is 202 Å². The van der Waals surface area contributed by atoms with Crippen LogP contribution < -0.4 is 14.9 Å². The number of nitrogens with one attached hydrogen (secondary N) is 2. The summed E-state index contributed by atoms with van der Waals surface area (Å²) in [7, 11) is -4.47. The monoisotopic (exact) mass is 533 g/mol. The van der Waals surface area contributed by atoms with E-state index in [0.717, 1.165) is 4.40 Å². The molecule has 3 aromatic rings. The summed E-state index contributed by atoms with van der Waals surface area (Å²) in [6.07, 6.45) is -0.900. The molecule has 1 aliphatic carbocycles. The van der Waals surface area contributed by atoms with Crippen LogP contribution in [0.25, 0.3) is 16.3 Å². The van der Waals surface area contributed by atoms with Gasteiger partial charge in [0.1, 0.15) is 11.6 Å². The summed E-state index contributed by atoms with van der Waals surface area (Å²) in [6, 6.07) is 1.34. The van der Waals surface area contributed by atoms with E-state index in [1.54, 1.807) is 0 Å². The van der Waals surface area contributed by atoms with Crippen LogP contribution in [0.2, 0.25) is 0 Å². The summed E-state index contributed by atoms with van der Waals surface area (Å²) in [5, 5.41) is 9.87. The number of imidazole rings is 1. The van der Waals surface area contributed by atoms with Crippen LogP contribution in [0.4, 0.5) is 23.2 Å². The molecule has 190 valence electrons. The molecule has 0 amide bonds. The highest BCUT2D eigenvalue weighted by atomic mass is 32.2. The topological polar surface area (TPSA) is 105 Å². The molecule has 2 N–H and O–H groups in total. The molecule has 15 heteroatoms. The average Bonchev–Trinajstić information content (AvgIpc) is 3.19. The van der Waals surface area contributed by atoms with Gasteiger partial charge in [-0.05, 0) is 32.8 Å². The number of hydrogen-bond donors (Lipinski definition) is 2. The Morgan fingerprint density at radius 3 is 2.51 bits per heavy atom. The van der Waals surface area contributed by atoms with Crippen LogP contribution in [0.5, 0.6) is 0 Å². The standard InChI is InChI=1S/C20H23F4N7O2S2/c1-10-7-30(8-11(2)26-10)12-5-14(35(32,33)29-20(9-21)3-4-20)16(24)31-13(12)6-25-17(31)19-28-27-18(34-19)15(22)23/h5-6,10-11,15,26,29H,3-4,7-9H2,1-2H3/t10-,11-/m0/s1. The SMILES string of the molecule is C[C@H]1CN(c2cc(S(=O)(=O)NC3(CF)CC3)c(F)n3c(-c4nnc(C(F)F)s4)ncc23)C[C@H](C)N1. The fraction of sp³-hybridized carbons (Fsp3) is 0.550. The minimum atomic E-state index is -4.47. The number of aromatic nitrogens is 4. The molecule has 1 saturated carbocycles. The lowest BCUT2D eigenvalue weighted by atomic mass is 10.1. The van der Waals surface area contributed by atoms with Gasteiger partial charge in [0.2, 0.25) is 16.0 Å². The number of rotatable bonds is 7. The van der Waals surface area contributed by atoms with Crippen molar-refractivity contribution in [3.63, 3.8) is 0 Å². The number of fused-ring (bicyclic) bond motifs is 1. The maximum absolute atomic E-state index is 15.9. The lowest BCUT2D eigenvalue weighted by molar-refractivity contribution is 0.150. The first kappa shape index (κ1) is 24.3. The molecule has 0 radical (unpaired) electrons. The Kier molecular flexibility index (Phi) is 6.01. The highest BCUT2D eigenvalue weighted by Crippen LogP contribution is 2.39. The van der Waals surface area contributed by atoms with Crippen molar-refractivity contribution >= 4 is 32.6 Å². The molecule has 0 aromatic carbocycles. The van der Waals surface area contributed by atoms with E-state index in [-0.39, 0.29) is 28.4 Å². The van der Waals surface area contributed by atoms with Gasteiger partial charge in [-0.2, -0.15) is 4.39 Å². The normalized spacial score (nSPS) is 22.3. The third-order valence-corrected chi connectivity index (χ3v) is 8.65. The second-order valence-corrected chi connectivity index (χ2v) is 11.8. The van der Waals surface area contributed by atoms with E-state index in [2.05, 4.69) is 25.2 Å². The number of hydrogen-bond acceptors (Lipinski definition) is 8. The van der Waals surface area contributed by atoms with Gasteiger partial charge in [-0.3, -0.25) is 4.40 Å². The minimum absolute atomic E-state index is 0.0578. The third kappa shape index (κ3) is 4.38. The van der Waals surface area contributed by atoms with E-state index in [0.29, 0.717) is 43.0 Å². The van der Waals surface area contributed by atoms with Gasteiger partial charge in [0.15, 0.2) is 15.8 Å². The van der Waals surface area contributed by atoms with Crippen molar-refractivity contribution in [3.05, 3.63) is 23.2 Å². The molecule has 1 aliphatic heterocycles. The van der Waals surface area contributed by atoms with Crippen LogP contribution >= 0.6 is 11.3 Å². The van der Waals surface area contributed by atoms with Crippen molar-refractivity contribution in [1.29, 1.82) is 0 Å². The van der Waals surface area contributed by atoms with Crippen molar-refractivity contribution < 1.29 is 26.0 Å². The first-order valence-corrected chi connectivity index (χ1v) is 13.3. The summed E-state index contributed by atoms with van der Waals surface area (Å²) < 4.78 is 85.3. The number of nitrogens with zero attached hydrogens (tertiary/aromatic N) is 5. The van der Waals surface area contributed by atoms with Crippen LogP contribution in [0.15, 0.2) is 17.2 Å². The van der Waals surface area contributed by atoms with Crippen LogP contribution in [0.3, 0.4) is 0 Å². The van der Waals surface area contributed by atoms with E-state index < -0.39 is 44.5 Å². The molecule has 0 spiro atoms. The van der Waals surface area contributed by atoms with E-state index in [1.807, 2.05) is 18.7 Å². The van der Waals surface area contributed by atoms with Crippen molar-refractivity contribution in [2.45, 2.75) is 55.6 Å². The number of pyridine rings is 1. The highest BCUT2D eigenvalue weighted by Gasteiger charge is 2.47. The Bertz CT molecular complexity index is 1360. The zero-order valence-electron chi connectivity index (χ0n) is 18.8. The molecule has 35 heavy (non-hydrogen) atoms. The number of anilines is 1. The number of halogens is 4. The number of sulfonamides is 1. The van der Waals surface area contributed by atoms with Gasteiger partial charge in [0.05, 0.1) is 22.9 Å². The van der Waals surface area contributed by atoms with Crippen LogP contribution in [0.1, 0.15) is 38.1 Å². The first-order valence-electron chi connectivity index (χ1n) is 11.0. The molecule has 0 bridgehead atoms. The number of alkyl halides is 3. The van der Waals surface area contributed by atoms with E-state index in [9.17, 15) is 21.6 Å². The summed E-state index contributed by atoms with van der Waals surface area (Å²) in [5.41, 5.74) is -0.589. The molecular formula is C20H23F4N7O2S2. The quantitative estimate of drug-likeness (QED) is 0.356. The smallest absolute Gasteiger partial charge is 0.291 e. The van der Waals surface area contributed by atoms with E-state index >= 15 is 4.39 Å². The average molecular weight is 534 g/mol. The Morgan fingerprint density at radius 2 is 1.94 bits per heavy atom. The summed E-state index contributed by atoms with van der Waals surface area (Å²) in [6.45, 7) is 4.03. The molecule has 2 atom stereocenters. The predicted octanol–water partition coefficient (Wildman–Crippen LogP) is 2.90. The minimum Gasteiger partial charge on any atom is -0.367 e. The second kappa shape index (κ2) is 8.64. The largest absolute Gasteiger partial charge is 0.367 e. The molecule has 9 nitrogen and oxygen atoms in total. The Hall–Kier alpha value is -2.36. The van der Waals surface area contributed by atoms with Gasteiger partial charge in [-0.15, -0.1) is 10.2 Å². The van der Waals surface area contributed by atoms with Crippen molar-refractivity contribution in [3.8, 4) is 10.8 Å². The van der Waals surface area contributed by atoms with Gasteiger partial charge in [0, 0.05) is 25.2 Å². The third-order valence-electron chi connectivity index (χ3n) is 6.16. The van der Waals surface area contributed by atoms with Gasteiger partial charge >= 0.3 is 0 Å². The molecule has 3 aromatic heterocycles. The maximum Gasteiger partial charge on any atom is 0.291 e. The Balaban J connectivity index is 1.71. The molecule has 2 aliphatic rings. The molecule has 0 unspecified atom stereocenters. The molecule has 1 saturated heterocycles. The first-order chi connectivity index (χ1) is 16.5. The molecule has 4 heterocycles. The zero-order valence-corrected chi connectivity index (χ0v) is 20.4. The van der Waals surface area contributed by atoms with Crippen LogP contribution in [-0.2, 0) is 10.0 Å². The van der Waals surface area contributed by atoms with Gasteiger partial charge in [-0.25, -0.2) is 31.3 Å². The lowest BCUT2D eigenvalue weighted by Gasteiger charge is -2.38. The van der Waals surface area contributed by atoms with Crippen LogP contribution in [0, 0.1) is 5.95 Å². The predicted molar refractivity (Wildman–Crippen MR) is 122 cm³/mol.